The Morgan fingerprint density at radius 1 is 0.596 bits per heavy atom. The van der Waals surface area contributed by atoms with Gasteiger partial charge in [0.25, 0.3) is 0 Å². The molecule has 0 spiro atoms. The molecule has 11 heteroatoms. The zero-order valence-electron chi connectivity index (χ0n) is 29.6. The van der Waals surface area contributed by atoms with E-state index in [1.54, 1.807) is 36.9 Å². The third kappa shape index (κ3) is 5.87. The van der Waals surface area contributed by atoms with Gasteiger partial charge in [-0.05, 0) is 98.4 Å². The van der Waals surface area contributed by atoms with E-state index in [2.05, 4.69) is 62.6 Å². The van der Waals surface area contributed by atoms with E-state index in [9.17, 15) is 9.59 Å². The first-order valence-electron chi connectivity index (χ1n) is 16.8. The number of aromatic nitrogens is 8. The maximum Gasteiger partial charge on any atom is 2.00 e. The standard InChI is InChI=1S/C41H36N8O2.Pt/c1-40(2,3)26-17-18-42-35(22-26)48-33-25-34-32(24-31(33)46(38(48)50)28-13-9-7-10-14-28)47(29-15-11-8-12-16-29)39(51)49(34)36-23-27(41(4,5)6)21-30(45-36)37-43-19-20-44-37;/h7-24H,1-6H3;/q-2;+2. The molecule has 0 aliphatic heterocycles. The van der Waals surface area contributed by atoms with Gasteiger partial charge < -0.3 is 19.1 Å². The van der Waals surface area contributed by atoms with Crippen molar-refractivity contribution < 1.29 is 21.1 Å². The monoisotopic (exact) mass is 867 g/mol. The molecule has 0 saturated heterocycles. The van der Waals surface area contributed by atoms with E-state index in [1.807, 2.05) is 91.0 Å². The molecule has 0 aliphatic rings. The van der Waals surface area contributed by atoms with Crippen LogP contribution in [0.2, 0.25) is 0 Å². The summed E-state index contributed by atoms with van der Waals surface area (Å²) < 4.78 is 6.44. The van der Waals surface area contributed by atoms with E-state index in [0.29, 0.717) is 56.6 Å². The molecule has 0 N–H and O–H groups in total. The van der Waals surface area contributed by atoms with Crippen molar-refractivity contribution in [2.75, 3.05) is 0 Å². The molecule has 0 aliphatic carbocycles. The minimum Gasteiger partial charge on any atom is -0.441 e. The number of para-hydroxylation sites is 2. The van der Waals surface area contributed by atoms with Gasteiger partial charge in [0.05, 0.1) is 5.69 Å². The molecule has 0 bridgehead atoms. The van der Waals surface area contributed by atoms with Crippen molar-refractivity contribution in [2.45, 2.75) is 52.4 Å². The number of hydrogen-bond donors (Lipinski definition) is 0. The average molecular weight is 868 g/mol. The molecule has 5 aromatic heterocycles. The van der Waals surface area contributed by atoms with Crippen molar-refractivity contribution in [1.29, 1.82) is 0 Å². The van der Waals surface area contributed by atoms with E-state index >= 15 is 0 Å². The number of benzene rings is 3. The van der Waals surface area contributed by atoms with E-state index in [1.165, 1.54) is 0 Å². The average Bonchev–Trinajstić information content (AvgIpc) is 3.82. The summed E-state index contributed by atoms with van der Waals surface area (Å²) in [4.78, 5) is 47.9. The van der Waals surface area contributed by atoms with Gasteiger partial charge in [-0.2, -0.15) is 0 Å². The zero-order valence-corrected chi connectivity index (χ0v) is 31.9. The van der Waals surface area contributed by atoms with Gasteiger partial charge >= 0.3 is 32.4 Å². The maximum atomic E-state index is 14.8. The molecule has 8 aromatic rings. The van der Waals surface area contributed by atoms with Crippen LogP contribution in [-0.4, -0.2) is 33.2 Å². The topological polar surface area (TPSA) is 107 Å². The second-order valence-electron chi connectivity index (χ2n) is 14.7. The number of imidazole rings is 3. The number of rotatable bonds is 5. The molecule has 0 amide bonds. The van der Waals surface area contributed by atoms with Crippen LogP contribution in [0.1, 0.15) is 52.7 Å². The Labute approximate surface area is 314 Å². The van der Waals surface area contributed by atoms with E-state index in [-0.39, 0.29) is 43.3 Å². The summed E-state index contributed by atoms with van der Waals surface area (Å²) in [6.07, 6.45) is 4.97. The summed E-state index contributed by atoms with van der Waals surface area (Å²) in [6.45, 7) is 12.7. The third-order valence-electron chi connectivity index (χ3n) is 9.16. The minimum atomic E-state index is -0.332. The number of nitrogens with zero attached hydrogens (tertiary/aromatic N) is 8. The Balaban J connectivity index is 0.00000420. The van der Waals surface area contributed by atoms with Crippen molar-refractivity contribution in [1.82, 2.24) is 38.2 Å². The molecule has 0 radical (unpaired) electrons. The summed E-state index contributed by atoms with van der Waals surface area (Å²) in [7, 11) is 0. The SMILES string of the molecule is CC(C)(C)c1ccnc(-n2c(=O)n(-c3ccccc3)c3cc4c([c-]c32)n(-c2cc(C(C)(C)C)cc(-c3ncc[n-]3)n2)c(=O)n4-c2ccccc2)c1.[Pt+2]. The van der Waals surface area contributed by atoms with E-state index < -0.39 is 0 Å². The van der Waals surface area contributed by atoms with Gasteiger partial charge in [-0.1, -0.05) is 90.3 Å². The van der Waals surface area contributed by atoms with Gasteiger partial charge in [-0.3, -0.25) is 9.13 Å². The smallest absolute Gasteiger partial charge is 0.441 e. The van der Waals surface area contributed by atoms with Crippen LogP contribution in [0, 0.1) is 6.07 Å². The quantitative estimate of drug-likeness (QED) is 0.171. The summed E-state index contributed by atoms with van der Waals surface area (Å²) in [5.41, 5.74) is 4.83. The predicted octanol–water partition coefficient (Wildman–Crippen LogP) is 7.08. The van der Waals surface area contributed by atoms with Gasteiger partial charge in [-0.25, -0.2) is 19.6 Å². The Hall–Kier alpha value is -5.60. The van der Waals surface area contributed by atoms with Gasteiger partial charge in [-0.15, -0.1) is 12.1 Å². The van der Waals surface area contributed by atoms with Gasteiger partial charge in [0.2, 0.25) is 0 Å². The number of pyridine rings is 2. The van der Waals surface area contributed by atoms with Crippen LogP contribution in [0.5, 0.6) is 0 Å². The summed E-state index contributed by atoms with van der Waals surface area (Å²) in [5, 5.41) is 0. The summed E-state index contributed by atoms with van der Waals surface area (Å²) >= 11 is 0. The van der Waals surface area contributed by atoms with Crippen molar-refractivity contribution in [3.8, 4) is 34.5 Å². The van der Waals surface area contributed by atoms with Crippen LogP contribution in [0.25, 0.3) is 56.6 Å². The maximum absolute atomic E-state index is 14.8. The fraction of sp³-hybridized carbons (Fsp3) is 0.195. The first-order valence-corrected chi connectivity index (χ1v) is 16.8. The van der Waals surface area contributed by atoms with Crippen molar-refractivity contribution in [2.24, 2.45) is 0 Å². The molecular formula is C41H36N8O2Pt. The molecule has 5 heterocycles. The van der Waals surface area contributed by atoms with Crippen molar-refractivity contribution in [3.63, 3.8) is 0 Å². The molecule has 52 heavy (non-hydrogen) atoms. The Morgan fingerprint density at radius 3 is 1.65 bits per heavy atom. The summed E-state index contributed by atoms with van der Waals surface area (Å²) in [6, 6.07) is 32.2. The third-order valence-corrected chi connectivity index (χ3v) is 9.16. The molecule has 0 saturated carbocycles. The van der Waals surface area contributed by atoms with Crippen LogP contribution >= 0.6 is 0 Å². The molecule has 8 rings (SSSR count). The van der Waals surface area contributed by atoms with E-state index in [0.717, 1.165) is 11.1 Å². The Morgan fingerprint density at radius 2 is 1.13 bits per heavy atom. The molecule has 3 aromatic carbocycles. The molecule has 262 valence electrons. The second kappa shape index (κ2) is 12.9. The fourth-order valence-electron chi connectivity index (χ4n) is 6.42. The van der Waals surface area contributed by atoms with Crippen LogP contribution in [-0.2, 0) is 31.9 Å². The number of hydrogen-bond acceptors (Lipinski definition) is 5. The molecule has 0 atom stereocenters. The molecule has 0 fully saturated rings. The van der Waals surface area contributed by atoms with Crippen LogP contribution in [0.3, 0.4) is 0 Å². The Kier molecular flexibility index (Phi) is 8.62. The first-order chi connectivity index (χ1) is 24.4. The van der Waals surface area contributed by atoms with Crippen LogP contribution < -0.4 is 16.4 Å². The minimum absolute atomic E-state index is 0. The molecule has 0 unspecified atom stereocenters. The van der Waals surface area contributed by atoms with Crippen molar-refractivity contribution in [3.05, 3.63) is 148 Å². The van der Waals surface area contributed by atoms with E-state index in [4.69, 9.17) is 4.98 Å². The largest absolute Gasteiger partial charge is 2.00 e. The summed E-state index contributed by atoms with van der Waals surface area (Å²) in [5.74, 6) is 1.32. The van der Waals surface area contributed by atoms with Gasteiger partial charge in [0.15, 0.2) is 0 Å². The van der Waals surface area contributed by atoms with Gasteiger partial charge in [0.1, 0.15) is 11.6 Å². The predicted molar refractivity (Wildman–Crippen MR) is 200 cm³/mol. The molecular weight excluding hydrogens is 832 g/mol. The zero-order chi connectivity index (χ0) is 35.7. The Bertz CT molecular complexity index is 2690. The molecule has 10 nitrogen and oxygen atoms in total. The van der Waals surface area contributed by atoms with Crippen LogP contribution in [0.15, 0.2) is 119 Å². The van der Waals surface area contributed by atoms with Crippen LogP contribution in [0.4, 0.5) is 0 Å². The fourth-order valence-corrected chi connectivity index (χ4v) is 6.42. The first kappa shape index (κ1) is 34.8. The second-order valence-corrected chi connectivity index (χ2v) is 14.7. The van der Waals surface area contributed by atoms with Crippen molar-refractivity contribution >= 4 is 22.1 Å². The normalized spacial score (nSPS) is 12.0. The van der Waals surface area contributed by atoms with Gasteiger partial charge in [0, 0.05) is 17.6 Å². The number of fused-ring (bicyclic) bond motifs is 2.